The maximum absolute atomic E-state index is 12.3. The Labute approximate surface area is 187 Å². The fourth-order valence-corrected chi connectivity index (χ4v) is 4.40. The normalized spacial score (nSPS) is 10.9. The summed E-state index contributed by atoms with van der Waals surface area (Å²) in [6.45, 7) is 0. The van der Waals surface area contributed by atoms with E-state index in [9.17, 15) is 4.79 Å². The number of benzene rings is 2. The molecule has 4 rings (SSSR count). The summed E-state index contributed by atoms with van der Waals surface area (Å²) in [5.41, 5.74) is 1.57. The number of amides is 1. The summed E-state index contributed by atoms with van der Waals surface area (Å²) in [7, 11) is 3.11. The predicted molar refractivity (Wildman–Crippen MR) is 120 cm³/mol. The molecule has 0 aliphatic rings. The van der Waals surface area contributed by atoms with Crippen molar-refractivity contribution in [3.8, 4) is 11.5 Å². The summed E-state index contributed by atoms with van der Waals surface area (Å²) in [5.74, 6) is 1.62. The van der Waals surface area contributed by atoms with Crippen LogP contribution in [-0.4, -0.2) is 41.1 Å². The predicted octanol–water partition coefficient (Wildman–Crippen LogP) is 4.21. The van der Waals surface area contributed by atoms with Crippen LogP contribution >= 0.6 is 23.1 Å². The largest absolute Gasteiger partial charge is 0.497 e. The van der Waals surface area contributed by atoms with E-state index in [1.807, 2.05) is 18.2 Å². The number of methoxy groups -OCH3 is 2. The molecule has 8 nitrogen and oxygen atoms in total. The highest BCUT2D eigenvalue weighted by Gasteiger charge is 2.13. The molecule has 0 atom stereocenters. The number of carbonyl (C=O) groups excluding carboxylic acids is 1. The standard InChI is InChI=1S/C21H20N4O4S2/c1-27-13-7-8-14(16(11-13)28-2)22-18(26)12-30-21-25-24-19(29-21)9-10-20-23-15-5-3-4-6-17(15)31-20/h3-8,11H,9-10,12H2,1-2H3,(H,22,26). The van der Waals surface area contributed by atoms with E-state index in [-0.39, 0.29) is 11.7 Å². The van der Waals surface area contributed by atoms with Gasteiger partial charge < -0.3 is 19.2 Å². The van der Waals surface area contributed by atoms with Crippen molar-refractivity contribution in [2.24, 2.45) is 0 Å². The Hall–Kier alpha value is -3.11. The van der Waals surface area contributed by atoms with E-state index in [0.717, 1.165) is 16.9 Å². The number of carbonyl (C=O) groups is 1. The Balaban J connectivity index is 1.28. The third kappa shape index (κ3) is 5.33. The molecule has 0 saturated heterocycles. The number of anilines is 1. The van der Waals surface area contributed by atoms with E-state index in [4.69, 9.17) is 13.9 Å². The first-order chi connectivity index (χ1) is 15.1. The zero-order valence-electron chi connectivity index (χ0n) is 17.0. The average molecular weight is 457 g/mol. The Bertz CT molecular complexity index is 1160. The number of nitrogens with zero attached hydrogens (tertiary/aromatic N) is 3. The molecular weight excluding hydrogens is 436 g/mol. The molecule has 31 heavy (non-hydrogen) atoms. The molecule has 0 unspecified atom stereocenters. The first-order valence-electron chi connectivity index (χ1n) is 9.46. The molecule has 0 aliphatic carbocycles. The van der Waals surface area contributed by atoms with E-state index in [1.54, 1.807) is 36.6 Å². The van der Waals surface area contributed by atoms with E-state index >= 15 is 0 Å². The summed E-state index contributed by atoms with van der Waals surface area (Å²) in [4.78, 5) is 16.9. The van der Waals surface area contributed by atoms with Gasteiger partial charge in [-0.2, -0.15) is 0 Å². The Kier molecular flexibility index (Phi) is 6.68. The molecule has 0 radical (unpaired) electrons. The molecule has 0 fully saturated rings. The van der Waals surface area contributed by atoms with Gasteiger partial charge in [0.05, 0.1) is 40.9 Å². The minimum absolute atomic E-state index is 0.134. The molecule has 2 aromatic heterocycles. The Morgan fingerprint density at radius 2 is 2.00 bits per heavy atom. The van der Waals surface area contributed by atoms with Crippen molar-refractivity contribution in [2.75, 3.05) is 25.3 Å². The second kappa shape index (κ2) is 9.80. The van der Waals surface area contributed by atoms with Crippen molar-refractivity contribution >= 4 is 44.9 Å². The Morgan fingerprint density at radius 1 is 1.13 bits per heavy atom. The van der Waals surface area contributed by atoms with Gasteiger partial charge >= 0.3 is 0 Å². The smallest absolute Gasteiger partial charge is 0.277 e. The Morgan fingerprint density at radius 3 is 2.81 bits per heavy atom. The van der Waals surface area contributed by atoms with Gasteiger partial charge in [0.1, 0.15) is 11.5 Å². The van der Waals surface area contributed by atoms with Crippen molar-refractivity contribution in [2.45, 2.75) is 18.1 Å². The summed E-state index contributed by atoms with van der Waals surface area (Å²) >= 11 is 2.85. The summed E-state index contributed by atoms with van der Waals surface area (Å²) in [5, 5.41) is 12.3. The van der Waals surface area contributed by atoms with Crippen LogP contribution in [0.15, 0.2) is 52.1 Å². The minimum atomic E-state index is -0.206. The van der Waals surface area contributed by atoms with Crippen LogP contribution < -0.4 is 14.8 Å². The highest BCUT2D eigenvalue weighted by molar-refractivity contribution is 7.99. The zero-order chi connectivity index (χ0) is 21.6. The summed E-state index contributed by atoms with van der Waals surface area (Å²) in [6.07, 6.45) is 1.33. The molecule has 0 saturated carbocycles. The molecule has 2 aromatic carbocycles. The van der Waals surface area contributed by atoms with E-state index in [0.29, 0.717) is 34.7 Å². The number of hydrogen-bond donors (Lipinski definition) is 1. The molecule has 0 aliphatic heterocycles. The molecule has 1 amide bonds. The number of hydrogen-bond acceptors (Lipinski definition) is 9. The number of para-hydroxylation sites is 1. The second-order valence-corrected chi connectivity index (χ2v) is 8.48. The van der Waals surface area contributed by atoms with Gasteiger partial charge in [0, 0.05) is 18.9 Å². The van der Waals surface area contributed by atoms with Crippen LogP contribution in [0.4, 0.5) is 5.69 Å². The summed E-state index contributed by atoms with van der Waals surface area (Å²) < 4.78 is 17.3. The van der Waals surface area contributed by atoms with Crippen LogP contribution in [0.25, 0.3) is 10.2 Å². The lowest BCUT2D eigenvalue weighted by atomic mass is 10.2. The molecule has 1 N–H and O–H groups in total. The zero-order valence-corrected chi connectivity index (χ0v) is 18.6. The van der Waals surface area contributed by atoms with Gasteiger partial charge in [-0.05, 0) is 24.3 Å². The SMILES string of the molecule is COc1ccc(NC(=O)CSc2nnc(CCc3nc4ccccc4s3)o2)c(OC)c1. The second-order valence-electron chi connectivity index (χ2n) is 6.44. The number of ether oxygens (including phenoxy) is 2. The van der Waals surface area contributed by atoms with Crippen molar-refractivity contribution in [1.82, 2.24) is 15.2 Å². The fourth-order valence-electron chi connectivity index (χ4n) is 2.85. The molecule has 0 bridgehead atoms. The average Bonchev–Trinajstić information content (AvgIpc) is 3.43. The molecule has 10 heteroatoms. The lowest BCUT2D eigenvalue weighted by molar-refractivity contribution is -0.113. The fraction of sp³-hybridized carbons (Fsp3) is 0.238. The van der Waals surface area contributed by atoms with Gasteiger partial charge in [0.25, 0.3) is 5.22 Å². The lowest BCUT2D eigenvalue weighted by Gasteiger charge is -2.11. The highest BCUT2D eigenvalue weighted by atomic mass is 32.2. The van der Waals surface area contributed by atoms with Gasteiger partial charge in [-0.3, -0.25) is 4.79 Å². The van der Waals surface area contributed by atoms with Crippen LogP contribution in [0, 0.1) is 0 Å². The number of fused-ring (bicyclic) bond motifs is 1. The maximum Gasteiger partial charge on any atom is 0.277 e. The van der Waals surface area contributed by atoms with Gasteiger partial charge in [0.2, 0.25) is 11.8 Å². The van der Waals surface area contributed by atoms with Crippen molar-refractivity contribution in [3.05, 3.63) is 53.4 Å². The van der Waals surface area contributed by atoms with Crippen molar-refractivity contribution in [1.29, 1.82) is 0 Å². The number of thiazole rings is 1. The van der Waals surface area contributed by atoms with Crippen LogP contribution in [0.2, 0.25) is 0 Å². The topological polar surface area (TPSA) is 99.4 Å². The first kappa shape index (κ1) is 21.1. The third-order valence-corrected chi connectivity index (χ3v) is 6.26. The van der Waals surface area contributed by atoms with Crippen LogP contribution in [0.5, 0.6) is 11.5 Å². The van der Waals surface area contributed by atoms with E-state index < -0.39 is 0 Å². The number of thioether (sulfide) groups is 1. The van der Waals surface area contributed by atoms with Gasteiger partial charge in [-0.25, -0.2) is 4.98 Å². The molecule has 4 aromatic rings. The number of aryl methyl sites for hydroxylation is 2. The third-order valence-electron chi connectivity index (χ3n) is 4.35. The van der Waals surface area contributed by atoms with Gasteiger partial charge in [0.15, 0.2) is 0 Å². The molecule has 160 valence electrons. The highest BCUT2D eigenvalue weighted by Crippen LogP contribution is 2.29. The first-order valence-corrected chi connectivity index (χ1v) is 11.3. The number of nitrogens with one attached hydrogen (secondary N) is 1. The lowest BCUT2D eigenvalue weighted by Crippen LogP contribution is -2.14. The number of aromatic nitrogens is 3. The van der Waals surface area contributed by atoms with Crippen molar-refractivity contribution in [3.63, 3.8) is 0 Å². The van der Waals surface area contributed by atoms with Crippen LogP contribution in [-0.2, 0) is 17.6 Å². The monoisotopic (exact) mass is 456 g/mol. The molecular formula is C21H20N4O4S2. The minimum Gasteiger partial charge on any atom is -0.497 e. The van der Waals surface area contributed by atoms with Crippen LogP contribution in [0.3, 0.4) is 0 Å². The quantitative estimate of drug-likeness (QED) is 0.374. The van der Waals surface area contributed by atoms with E-state index in [2.05, 4.69) is 26.6 Å². The van der Waals surface area contributed by atoms with Gasteiger partial charge in [-0.1, -0.05) is 23.9 Å². The maximum atomic E-state index is 12.3. The molecule has 0 spiro atoms. The van der Waals surface area contributed by atoms with E-state index in [1.165, 1.54) is 23.6 Å². The molecule has 2 heterocycles. The van der Waals surface area contributed by atoms with Gasteiger partial charge in [-0.15, -0.1) is 21.5 Å². The van der Waals surface area contributed by atoms with Crippen molar-refractivity contribution < 1.29 is 18.7 Å². The summed E-state index contributed by atoms with van der Waals surface area (Å²) in [6, 6.07) is 13.2. The number of rotatable bonds is 9. The van der Waals surface area contributed by atoms with Crippen LogP contribution in [0.1, 0.15) is 10.9 Å².